The van der Waals surface area contributed by atoms with Gasteiger partial charge in [-0.15, -0.1) is 0 Å². The number of rotatable bonds is 10. The van der Waals surface area contributed by atoms with Crippen molar-refractivity contribution >= 4 is 17.7 Å². The normalized spacial score (nSPS) is 13.9. The zero-order valence-corrected chi connectivity index (χ0v) is 14.1. The number of carboxylic acid groups (broad SMARTS) is 1. The molecule has 0 spiro atoms. The third-order valence-electron chi connectivity index (χ3n) is 3.61. The van der Waals surface area contributed by atoms with Gasteiger partial charge in [0.1, 0.15) is 5.54 Å². The van der Waals surface area contributed by atoms with E-state index in [1.807, 2.05) is 18.7 Å². The van der Waals surface area contributed by atoms with E-state index in [4.69, 9.17) is 0 Å². The number of hydrogen-bond donors (Lipinski definition) is 2. The summed E-state index contributed by atoms with van der Waals surface area (Å²) in [6.07, 6.45) is 2.68. The predicted octanol–water partition coefficient (Wildman–Crippen LogP) is 3.85. The van der Waals surface area contributed by atoms with Gasteiger partial charge in [0, 0.05) is 5.75 Å². The Bertz CT molecular complexity index is 450. The third kappa shape index (κ3) is 6.53. The van der Waals surface area contributed by atoms with Gasteiger partial charge in [0.05, 0.1) is 0 Å². The van der Waals surface area contributed by atoms with Crippen LogP contribution in [-0.2, 0) is 10.5 Å². The lowest BCUT2D eigenvalue weighted by Crippen LogP contribution is -2.49. The zero-order chi connectivity index (χ0) is 15.7. The van der Waals surface area contributed by atoms with Crippen LogP contribution in [0, 0.1) is 6.92 Å². The number of aliphatic carboxylic acids is 1. The Balaban J connectivity index is 2.21. The van der Waals surface area contributed by atoms with Crippen LogP contribution in [-0.4, -0.2) is 28.9 Å². The summed E-state index contributed by atoms with van der Waals surface area (Å²) in [4.78, 5) is 11.3. The Morgan fingerprint density at radius 2 is 2.14 bits per heavy atom. The molecule has 1 aromatic carbocycles. The maximum absolute atomic E-state index is 11.3. The van der Waals surface area contributed by atoms with Crippen LogP contribution >= 0.6 is 11.8 Å². The average molecular weight is 309 g/mol. The number of thioether (sulfide) groups is 1. The summed E-state index contributed by atoms with van der Waals surface area (Å²) in [5.41, 5.74) is 1.88. The third-order valence-corrected chi connectivity index (χ3v) is 4.72. The molecule has 1 aromatic rings. The topological polar surface area (TPSA) is 49.3 Å². The van der Waals surface area contributed by atoms with Gasteiger partial charge in [-0.1, -0.05) is 43.2 Å². The maximum Gasteiger partial charge on any atom is 0.323 e. The number of nitrogens with one attached hydrogen (secondary N) is 1. The van der Waals surface area contributed by atoms with E-state index in [0.29, 0.717) is 13.0 Å². The first kappa shape index (κ1) is 18.1. The number of benzene rings is 1. The van der Waals surface area contributed by atoms with Gasteiger partial charge in [0.25, 0.3) is 0 Å². The minimum Gasteiger partial charge on any atom is -0.480 e. The van der Waals surface area contributed by atoms with Crippen molar-refractivity contribution in [1.29, 1.82) is 0 Å². The Morgan fingerprint density at radius 1 is 1.38 bits per heavy atom. The molecule has 0 aliphatic rings. The highest BCUT2D eigenvalue weighted by Crippen LogP contribution is 2.18. The van der Waals surface area contributed by atoms with E-state index in [9.17, 15) is 9.90 Å². The molecule has 0 fully saturated rings. The largest absolute Gasteiger partial charge is 0.480 e. The predicted molar refractivity (Wildman–Crippen MR) is 90.9 cm³/mol. The van der Waals surface area contributed by atoms with Gasteiger partial charge in [-0.05, 0) is 44.6 Å². The highest BCUT2D eigenvalue weighted by atomic mass is 32.2. The van der Waals surface area contributed by atoms with Crippen molar-refractivity contribution in [3.8, 4) is 0 Å². The van der Waals surface area contributed by atoms with Gasteiger partial charge < -0.3 is 10.4 Å². The molecule has 0 bridgehead atoms. The highest BCUT2D eigenvalue weighted by molar-refractivity contribution is 7.98. The van der Waals surface area contributed by atoms with Crippen LogP contribution in [0.1, 0.15) is 44.2 Å². The number of carbonyl (C=O) groups is 1. The molecule has 0 amide bonds. The lowest BCUT2D eigenvalue weighted by atomic mass is 9.95. The second-order valence-electron chi connectivity index (χ2n) is 5.67. The number of carboxylic acids is 1. The van der Waals surface area contributed by atoms with Gasteiger partial charge in [-0.3, -0.25) is 4.79 Å². The minimum absolute atomic E-state index is 0.682. The minimum atomic E-state index is -0.782. The van der Waals surface area contributed by atoms with Crippen molar-refractivity contribution < 1.29 is 9.90 Å². The maximum atomic E-state index is 11.3. The molecule has 0 heterocycles. The molecule has 0 aliphatic heterocycles. The summed E-state index contributed by atoms with van der Waals surface area (Å²) >= 11 is 1.92. The van der Waals surface area contributed by atoms with E-state index in [-0.39, 0.29) is 0 Å². The Kier molecular flexibility index (Phi) is 7.83. The Morgan fingerprint density at radius 3 is 2.76 bits per heavy atom. The van der Waals surface area contributed by atoms with Crippen molar-refractivity contribution in [1.82, 2.24) is 5.32 Å². The van der Waals surface area contributed by atoms with Crippen LogP contribution in [0.2, 0.25) is 0 Å². The lowest BCUT2D eigenvalue weighted by Gasteiger charge is -2.25. The summed E-state index contributed by atoms with van der Waals surface area (Å²) in [5.74, 6) is 1.36. The van der Waals surface area contributed by atoms with Gasteiger partial charge in [-0.2, -0.15) is 11.8 Å². The van der Waals surface area contributed by atoms with Crippen molar-refractivity contribution in [3.05, 3.63) is 35.4 Å². The standard InChI is InChI=1S/C17H27NO2S/c1-4-18-17(3,16(19)20)10-5-6-11-21-13-15-9-7-8-14(2)12-15/h7-9,12,18H,4-6,10-11,13H2,1-3H3,(H,19,20). The summed E-state index contributed by atoms with van der Waals surface area (Å²) in [6, 6.07) is 8.59. The molecule has 0 saturated carbocycles. The molecule has 0 saturated heterocycles. The molecule has 0 aliphatic carbocycles. The molecule has 4 heteroatoms. The van der Waals surface area contributed by atoms with Crippen LogP contribution in [0.5, 0.6) is 0 Å². The van der Waals surface area contributed by atoms with Crippen molar-refractivity contribution in [2.45, 2.75) is 51.3 Å². The molecule has 2 N–H and O–H groups in total. The fourth-order valence-corrected chi connectivity index (χ4v) is 3.30. The number of hydrogen-bond acceptors (Lipinski definition) is 3. The molecular weight excluding hydrogens is 282 g/mol. The summed E-state index contributed by atoms with van der Waals surface area (Å²) in [5, 5.41) is 12.3. The molecule has 3 nitrogen and oxygen atoms in total. The molecule has 118 valence electrons. The van der Waals surface area contributed by atoms with E-state index < -0.39 is 11.5 Å². The van der Waals surface area contributed by atoms with Gasteiger partial charge in [-0.25, -0.2) is 0 Å². The van der Waals surface area contributed by atoms with Crippen LogP contribution in [0.25, 0.3) is 0 Å². The van der Waals surface area contributed by atoms with Crippen LogP contribution in [0.15, 0.2) is 24.3 Å². The average Bonchev–Trinajstić information content (AvgIpc) is 2.43. The zero-order valence-electron chi connectivity index (χ0n) is 13.3. The van der Waals surface area contributed by atoms with E-state index in [0.717, 1.165) is 24.3 Å². The molecule has 1 atom stereocenters. The van der Waals surface area contributed by atoms with Crippen LogP contribution < -0.4 is 5.32 Å². The quantitative estimate of drug-likeness (QED) is 0.645. The fourth-order valence-electron chi connectivity index (χ4n) is 2.34. The first-order chi connectivity index (χ1) is 9.98. The van der Waals surface area contributed by atoms with Gasteiger partial charge >= 0.3 is 5.97 Å². The first-order valence-electron chi connectivity index (χ1n) is 7.59. The van der Waals surface area contributed by atoms with Crippen molar-refractivity contribution in [2.24, 2.45) is 0 Å². The lowest BCUT2D eigenvalue weighted by molar-refractivity contribution is -0.144. The van der Waals surface area contributed by atoms with E-state index in [1.54, 1.807) is 6.92 Å². The Hall–Kier alpha value is -1.00. The summed E-state index contributed by atoms with van der Waals surface area (Å²) in [7, 11) is 0. The van der Waals surface area contributed by atoms with E-state index >= 15 is 0 Å². The fraction of sp³-hybridized carbons (Fsp3) is 0.588. The second-order valence-corrected chi connectivity index (χ2v) is 6.77. The molecule has 21 heavy (non-hydrogen) atoms. The molecule has 0 radical (unpaired) electrons. The van der Waals surface area contributed by atoms with Gasteiger partial charge in [0.2, 0.25) is 0 Å². The van der Waals surface area contributed by atoms with Crippen LogP contribution in [0.4, 0.5) is 0 Å². The number of likely N-dealkylation sites (N-methyl/N-ethyl adjacent to an activating group) is 1. The molecular formula is C17H27NO2S. The summed E-state index contributed by atoms with van der Waals surface area (Å²) < 4.78 is 0. The Labute approximate surface area is 132 Å². The smallest absolute Gasteiger partial charge is 0.323 e. The molecule has 0 aromatic heterocycles. The van der Waals surface area contributed by atoms with Crippen LogP contribution in [0.3, 0.4) is 0 Å². The number of unbranched alkanes of at least 4 members (excludes halogenated alkanes) is 1. The molecule has 1 rings (SSSR count). The van der Waals surface area contributed by atoms with E-state index in [2.05, 4.69) is 36.5 Å². The second kappa shape index (κ2) is 9.11. The van der Waals surface area contributed by atoms with Crippen molar-refractivity contribution in [2.75, 3.05) is 12.3 Å². The highest BCUT2D eigenvalue weighted by Gasteiger charge is 2.30. The SMILES string of the molecule is CCNC(C)(CCCCSCc1cccc(C)c1)C(=O)O. The number of aryl methyl sites for hydroxylation is 1. The monoisotopic (exact) mass is 309 g/mol. The van der Waals surface area contributed by atoms with Crippen molar-refractivity contribution in [3.63, 3.8) is 0 Å². The molecule has 1 unspecified atom stereocenters. The first-order valence-corrected chi connectivity index (χ1v) is 8.75. The summed E-state index contributed by atoms with van der Waals surface area (Å²) in [6.45, 7) is 6.52. The van der Waals surface area contributed by atoms with Gasteiger partial charge in [0.15, 0.2) is 0 Å². The van der Waals surface area contributed by atoms with E-state index in [1.165, 1.54) is 11.1 Å².